The molecule has 2 aromatic carbocycles. The Balaban J connectivity index is 1.94. The van der Waals surface area contributed by atoms with Crippen LogP contribution in [-0.4, -0.2) is 19.6 Å². The molecule has 4 aromatic rings. The summed E-state index contributed by atoms with van der Waals surface area (Å²) in [4.78, 5) is 4.62. The molecule has 0 bridgehead atoms. The average molecular weight is 289 g/mol. The normalized spacial score (nSPS) is 11.2. The minimum Gasteiger partial charge on any atom is -0.340 e. The highest BCUT2D eigenvalue weighted by molar-refractivity contribution is 5.92. The Hall–Kier alpha value is -2.95. The molecule has 108 valence electrons. The van der Waals surface area contributed by atoms with Crippen molar-refractivity contribution in [1.82, 2.24) is 19.6 Å². The first kappa shape index (κ1) is 12.8. The Morgan fingerprint density at radius 3 is 2.50 bits per heavy atom. The molecule has 0 unspecified atom stereocenters. The summed E-state index contributed by atoms with van der Waals surface area (Å²) in [5, 5.41) is 12.7. The molecule has 0 radical (unpaired) electrons. The Morgan fingerprint density at radius 2 is 1.68 bits per heavy atom. The summed E-state index contributed by atoms with van der Waals surface area (Å²) in [6.07, 6.45) is 0. The second kappa shape index (κ2) is 4.80. The van der Waals surface area contributed by atoms with Crippen LogP contribution in [0.4, 0.5) is 11.5 Å². The summed E-state index contributed by atoms with van der Waals surface area (Å²) in [6.45, 7) is 4.00. The number of nitrogens with zero attached hydrogens (tertiary/aromatic N) is 4. The summed E-state index contributed by atoms with van der Waals surface area (Å²) < 4.78 is 1.97. The lowest BCUT2D eigenvalue weighted by Gasteiger charge is -2.10. The number of anilines is 2. The molecule has 1 N–H and O–H groups in total. The van der Waals surface area contributed by atoms with Crippen LogP contribution in [0.2, 0.25) is 0 Å². The second-order valence-corrected chi connectivity index (χ2v) is 5.35. The molecule has 4 rings (SSSR count). The van der Waals surface area contributed by atoms with Crippen molar-refractivity contribution in [3.05, 3.63) is 59.9 Å². The smallest absolute Gasteiger partial charge is 0.257 e. The molecular weight excluding hydrogens is 274 g/mol. The monoisotopic (exact) mass is 289 g/mol. The number of hydrogen-bond donors (Lipinski definition) is 1. The van der Waals surface area contributed by atoms with Gasteiger partial charge in [0.15, 0.2) is 0 Å². The molecular formula is C17H15N5. The lowest BCUT2D eigenvalue weighted by molar-refractivity contribution is 1.02. The lowest BCUT2D eigenvalue weighted by Crippen LogP contribution is -2.00. The molecule has 5 nitrogen and oxygen atoms in total. The maximum Gasteiger partial charge on any atom is 0.257 e. The van der Waals surface area contributed by atoms with Gasteiger partial charge in [-0.15, -0.1) is 10.2 Å². The largest absolute Gasteiger partial charge is 0.340 e. The van der Waals surface area contributed by atoms with Crippen LogP contribution < -0.4 is 5.32 Å². The van der Waals surface area contributed by atoms with Crippen molar-refractivity contribution in [3.8, 4) is 0 Å². The summed E-state index contributed by atoms with van der Waals surface area (Å²) in [6, 6.07) is 16.4. The molecule has 2 heterocycles. The van der Waals surface area contributed by atoms with Gasteiger partial charge in [-0.2, -0.15) is 4.98 Å². The van der Waals surface area contributed by atoms with Gasteiger partial charge in [-0.05, 0) is 38.1 Å². The van der Waals surface area contributed by atoms with Crippen molar-refractivity contribution < 1.29 is 0 Å². The highest BCUT2D eigenvalue weighted by Gasteiger charge is 2.11. The van der Waals surface area contributed by atoms with Crippen LogP contribution in [0, 0.1) is 13.8 Å². The van der Waals surface area contributed by atoms with Gasteiger partial charge >= 0.3 is 0 Å². The standard InChI is InChI=1S/C17H15N5/c1-11-7-9-13(10-8-11)18-16-14-5-3-4-6-15(14)22-12(2)20-21-17(22)19-16/h3-10H,1-2H3,(H,18,19,21). The van der Waals surface area contributed by atoms with Crippen molar-refractivity contribution in [2.75, 3.05) is 5.32 Å². The minimum absolute atomic E-state index is 0.603. The predicted molar refractivity (Wildman–Crippen MR) is 87.5 cm³/mol. The average Bonchev–Trinajstić information content (AvgIpc) is 2.91. The predicted octanol–water partition coefficient (Wildman–Crippen LogP) is 3.64. The second-order valence-electron chi connectivity index (χ2n) is 5.35. The van der Waals surface area contributed by atoms with Crippen LogP contribution in [0.1, 0.15) is 11.4 Å². The highest BCUT2D eigenvalue weighted by Crippen LogP contribution is 2.26. The molecule has 0 saturated heterocycles. The van der Waals surface area contributed by atoms with E-state index in [1.54, 1.807) is 0 Å². The number of nitrogens with one attached hydrogen (secondary N) is 1. The van der Waals surface area contributed by atoms with E-state index >= 15 is 0 Å². The molecule has 0 fully saturated rings. The molecule has 0 aliphatic heterocycles. The van der Waals surface area contributed by atoms with Crippen LogP contribution in [-0.2, 0) is 0 Å². The van der Waals surface area contributed by atoms with Crippen molar-refractivity contribution in [2.24, 2.45) is 0 Å². The molecule has 0 aliphatic rings. The van der Waals surface area contributed by atoms with Gasteiger partial charge in [-0.3, -0.25) is 4.40 Å². The van der Waals surface area contributed by atoms with E-state index in [2.05, 4.69) is 51.7 Å². The van der Waals surface area contributed by atoms with Crippen molar-refractivity contribution in [1.29, 1.82) is 0 Å². The molecule has 2 aromatic heterocycles. The number of rotatable bonds is 2. The zero-order chi connectivity index (χ0) is 15.1. The quantitative estimate of drug-likeness (QED) is 0.612. The van der Waals surface area contributed by atoms with Gasteiger partial charge in [0.05, 0.1) is 5.52 Å². The molecule has 5 heteroatoms. The number of fused-ring (bicyclic) bond motifs is 3. The van der Waals surface area contributed by atoms with E-state index in [1.807, 2.05) is 35.6 Å². The third-order valence-corrected chi connectivity index (χ3v) is 3.73. The maximum atomic E-state index is 4.62. The fourth-order valence-corrected chi connectivity index (χ4v) is 2.60. The Bertz CT molecular complexity index is 970. The molecule has 0 spiro atoms. The third kappa shape index (κ3) is 1.98. The van der Waals surface area contributed by atoms with Crippen LogP contribution in [0.15, 0.2) is 48.5 Å². The highest BCUT2D eigenvalue weighted by atomic mass is 15.3. The Labute approximate surface area is 127 Å². The van der Waals surface area contributed by atoms with Gasteiger partial charge < -0.3 is 5.32 Å². The molecule has 0 saturated carbocycles. The van der Waals surface area contributed by atoms with Crippen LogP contribution >= 0.6 is 0 Å². The first-order chi connectivity index (χ1) is 10.7. The van der Waals surface area contributed by atoms with Gasteiger partial charge in [0.25, 0.3) is 5.78 Å². The summed E-state index contributed by atoms with van der Waals surface area (Å²) in [5.41, 5.74) is 3.28. The fourth-order valence-electron chi connectivity index (χ4n) is 2.60. The SMILES string of the molecule is Cc1ccc(Nc2nc3nnc(C)n3c3ccccc23)cc1. The van der Waals surface area contributed by atoms with E-state index in [9.17, 15) is 0 Å². The molecule has 22 heavy (non-hydrogen) atoms. The van der Waals surface area contributed by atoms with Gasteiger partial charge in [0.2, 0.25) is 0 Å². The van der Waals surface area contributed by atoms with E-state index in [1.165, 1.54) is 5.56 Å². The van der Waals surface area contributed by atoms with E-state index in [4.69, 9.17) is 0 Å². The first-order valence-electron chi connectivity index (χ1n) is 7.16. The first-order valence-corrected chi connectivity index (χ1v) is 7.16. The van der Waals surface area contributed by atoms with Crippen LogP contribution in [0.3, 0.4) is 0 Å². The van der Waals surface area contributed by atoms with Gasteiger partial charge in [0.1, 0.15) is 11.6 Å². The zero-order valence-corrected chi connectivity index (χ0v) is 12.4. The minimum atomic E-state index is 0.603. The third-order valence-electron chi connectivity index (χ3n) is 3.73. The van der Waals surface area contributed by atoms with Gasteiger partial charge in [-0.25, -0.2) is 0 Å². The Kier molecular flexibility index (Phi) is 2.79. The van der Waals surface area contributed by atoms with Gasteiger partial charge in [-0.1, -0.05) is 29.8 Å². The van der Waals surface area contributed by atoms with Crippen molar-refractivity contribution in [2.45, 2.75) is 13.8 Å². The summed E-state index contributed by atoms with van der Waals surface area (Å²) in [5.74, 6) is 2.23. The van der Waals surface area contributed by atoms with Crippen molar-refractivity contribution in [3.63, 3.8) is 0 Å². The van der Waals surface area contributed by atoms with E-state index in [0.717, 1.165) is 28.2 Å². The number of aromatic nitrogens is 4. The van der Waals surface area contributed by atoms with E-state index in [-0.39, 0.29) is 0 Å². The van der Waals surface area contributed by atoms with Crippen LogP contribution in [0.5, 0.6) is 0 Å². The van der Waals surface area contributed by atoms with E-state index in [0.29, 0.717) is 5.78 Å². The maximum absolute atomic E-state index is 4.62. The summed E-state index contributed by atoms with van der Waals surface area (Å²) >= 11 is 0. The molecule has 0 amide bonds. The van der Waals surface area contributed by atoms with Crippen LogP contribution in [0.25, 0.3) is 16.7 Å². The number of aryl methyl sites for hydroxylation is 2. The Morgan fingerprint density at radius 1 is 0.909 bits per heavy atom. The number of benzene rings is 2. The van der Waals surface area contributed by atoms with Crippen molar-refractivity contribution >= 4 is 28.2 Å². The number of para-hydroxylation sites is 1. The number of hydrogen-bond acceptors (Lipinski definition) is 4. The van der Waals surface area contributed by atoms with Gasteiger partial charge in [0, 0.05) is 11.1 Å². The molecule has 0 aliphatic carbocycles. The summed E-state index contributed by atoms with van der Waals surface area (Å²) in [7, 11) is 0. The fraction of sp³-hybridized carbons (Fsp3) is 0.118. The molecule has 0 atom stereocenters. The lowest BCUT2D eigenvalue weighted by atomic mass is 10.2. The van der Waals surface area contributed by atoms with E-state index < -0.39 is 0 Å². The topological polar surface area (TPSA) is 55.1 Å². The zero-order valence-electron chi connectivity index (χ0n) is 12.4.